The van der Waals surface area contributed by atoms with Gasteiger partial charge in [-0.3, -0.25) is 14.5 Å². The zero-order valence-electron chi connectivity index (χ0n) is 18.4. The van der Waals surface area contributed by atoms with E-state index in [1.165, 1.54) is 37.1 Å². The van der Waals surface area contributed by atoms with Gasteiger partial charge in [0, 0.05) is 12.6 Å². The number of benzene rings is 1. The molecule has 2 aromatic carbocycles. The lowest BCUT2D eigenvalue weighted by atomic mass is 10.0. The van der Waals surface area contributed by atoms with Gasteiger partial charge >= 0.3 is 6.09 Å². The van der Waals surface area contributed by atoms with Crippen molar-refractivity contribution in [2.75, 3.05) is 30.4 Å². The minimum Gasteiger partial charge on any atom is -0.493 e. The summed E-state index contributed by atoms with van der Waals surface area (Å²) in [4.78, 5) is 36.7. The summed E-state index contributed by atoms with van der Waals surface area (Å²) < 4.78 is 25.3. The number of carbonyl (C=O) groups is 2. The number of carbonyl (C=O) groups excluding carboxylic acids is 2. The molecule has 1 atom stereocenters. The fraction of sp³-hybridized carbons (Fsp3) is 0.348. The summed E-state index contributed by atoms with van der Waals surface area (Å²) >= 11 is 0. The van der Waals surface area contributed by atoms with Crippen LogP contribution in [0.15, 0.2) is 41.2 Å². The van der Waals surface area contributed by atoms with E-state index in [-0.39, 0.29) is 41.8 Å². The zero-order valence-corrected chi connectivity index (χ0v) is 18.4. The Morgan fingerprint density at radius 3 is 2.56 bits per heavy atom. The Morgan fingerprint density at radius 1 is 1.22 bits per heavy atom. The van der Waals surface area contributed by atoms with Crippen LogP contribution in [0.5, 0.6) is 5.75 Å². The maximum atomic E-state index is 14.9. The minimum absolute atomic E-state index is 0.0421. The van der Waals surface area contributed by atoms with E-state index in [1.54, 1.807) is 18.2 Å². The molecule has 0 bridgehead atoms. The molecule has 0 aromatic heterocycles. The van der Waals surface area contributed by atoms with E-state index in [1.807, 2.05) is 13.8 Å². The SMILES string of the molecule is COc1cc(C(C)C)c(Nc2ccc(N3C[C@H](CNC(C)=O)OC3=O)cc2F)ccc1=O. The molecule has 3 rings (SSSR count). The Balaban J connectivity index is 1.84. The molecule has 1 heterocycles. The quantitative estimate of drug-likeness (QED) is 0.680. The smallest absolute Gasteiger partial charge is 0.414 e. The van der Waals surface area contributed by atoms with Gasteiger partial charge in [-0.15, -0.1) is 0 Å². The fourth-order valence-corrected chi connectivity index (χ4v) is 3.39. The molecule has 0 saturated carbocycles. The molecular weight excluding hydrogens is 417 g/mol. The number of anilines is 3. The number of hydrogen-bond donors (Lipinski definition) is 2. The molecule has 8 nitrogen and oxygen atoms in total. The highest BCUT2D eigenvalue weighted by Gasteiger charge is 2.32. The highest BCUT2D eigenvalue weighted by atomic mass is 19.1. The number of ether oxygens (including phenoxy) is 2. The predicted octanol–water partition coefficient (Wildman–Crippen LogP) is 3.52. The maximum absolute atomic E-state index is 14.9. The zero-order chi connectivity index (χ0) is 23.4. The van der Waals surface area contributed by atoms with E-state index < -0.39 is 18.0 Å². The molecule has 0 aliphatic carbocycles. The molecule has 2 N–H and O–H groups in total. The van der Waals surface area contributed by atoms with Gasteiger partial charge in [0.05, 0.1) is 31.6 Å². The first-order chi connectivity index (χ1) is 15.2. The second kappa shape index (κ2) is 9.67. The van der Waals surface area contributed by atoms with Crippen molar-refractivity contribution < 1.29 is 23.5 Å². The first-order valence-electron chi connectivity index (χ1n) is 10.2. The highest BCUT2D eigenvalue weighted by molar-refractivity contribution is 5.90. The third kappa shape index (κ3) is 5.16. The summed E-state index contributed by atoms with van der Waals surface area (Å²) in [5.74, 6) is -0.548. The Hall–Kier alpha value is -3.62. The number of nitrogens with zero attached hydrogens (tertiary/aromatic N) is 1. The summed E-state index contributed by atoms with van der Waals surface area (Å²) in [6.45, 7) is 5.68. The number of hydrogen-bond acceptors (Lipinski definition) is 6. The van der Waals surface area contributed by atoms with Crippen molar-refractivity contribution >= 4 is 29.1 Å². The van der Waals surface area contributed by atoms with Crippen molar-refractivity contribution in [2.24, 2.45) is 0 Å². The van der Waals surface area contributed by atoms with Crippen molar-refractivity contribution in [1.29, 1.82) is 0 Å². The second-order valence-electron chi connectivity index (χ2n) is 7.78. The molecule has 0 spiro atoms. The molecule has 170 valence electrons. The van der Waals surface area contributed by atoms with Crippen LogP contribution in [-0.2, 0) is 9.53 Å². The molecule has 1 aliphatic rings. The fourth-order valence-electron chi connectivity index (χ4n) is 3.39. The number of nitrogens with one attached hydrogen (secondary N) is 2. The Kier molecular flexibility index (Phi) is 6.97. The van der Waals surface area contributed by atoms with Crippen LogP contribution in [0.25, 0.3) is 0 Å². The molecule has 1 fully saturated rings. The predicted molar refractivity (Wildman–Crippen MR) is 119 cm³/mol. The van der Waals surface area contributed by atoms with E-state index >= 15 is 0 Å². The minimum atomic E-state index is -0.604. The largest absolute Gasteiger partial charge is 0.493 e. The van der Waals surface area contributed by atoms with Crippen LogP contribution in [0.2, 0.25) is 0 Å². The number of cyclic esters (lactones) is 1. The average Bonchev–Trinajstić information content (AvgIpc) is 3.03. The summed E-state index contributed by atoms with van der Waals surface area (Å²) in [6, 6.07) is 8.97. The van der Waals surface area contributed by atoms with Gasteiger partial charge in [-0.2, -0.15) is 0 Å². The number of methoxy groups -OCH3 is 1. The van der Waals surface area contributed by atoms with E-state index in [4.69, 9.17) is 9.47 Å². The number of amides is 2. The van der Waals surface area contributed by atoms with Crippen LogP contribution in [0.3, 0.4) is 0 Å². The van der Waals surface area contributed by atoms with Gasteiger partial charge in [-0.05, 0) is 47.9 Å². The Bertz CT molecular complexity index is 1090. The molecule has 0 unspecified atom stereocenters. The van der Waals surface area contributed by atoms with Crippen molar-refractivity contribution in [2.45, 2.75) is 32.8 Å². The summed E-state index contributed by atoms with van der Waals surface area (Å²) in [7, 11) is 1.43. The van der Waals surface area contributed by atoms with Crippen molar-refractivity contribution in [3.8, 4) is 5.75 Å². The van der Waals surface area contributed by atoms with Gasteiger partial charge in [0.2, 0.25) is 11.3 Å². The van der Waals surface area contributed by atoms with E-state index in [2.05, 4.69) is 10.6 Å². The lowest BCUT2D eigenvalue weighted by Crippen LogP contribution is -2.33. The van der Waals surface area contributed by atoms with Crippen molar-refractivity contribution in [3.05, 3.63) is 58.0 Å². The van der Waals surface area contributed by atoms with Crippen LogP contribution in [0, 0.1) is 5.82 Å². The van der Waals surface area contributed by atoms with Gasteiger partial charge < -0.3 is 20.1 Å². The highest BCUT2D eigenvalue weighted by Crippen LogP contribution is 2.31. The van der Waals surface area contributed by atoms with Crippen LogP contribution < -0.4 is 25.7 Å². The third-order valence-electron chi connectivity index (χ3n) is 5.07. The number of halogens is 1. The van der Waals surface area contributed by atoms with Crippen LogP contribution in [0.4, 0.5) is 26.2 Å². The molecule has 1 aliphatic heterocycles. The molecule has 32 heavy (non-hydrogen) atoms. The van der Waals surface area contributed by atoms with Crippen molar-refractivity contribution in [3.63, 3.8) is 0 Å². The maximum Gasteiger partial charge on any atom is 0.414 e. The molecule has 1 saturated heterocycles. The summed E-state index contributed by atoms with van der Waals surface area (Å²) in [5.41, 5.74) is 1.62. The van der Waals surface area contributed by atoms with Crippen LogP contribution >= 0.6 is 0 Å². The third-order valence-corrected chi connectivity index (χ3v) is 5.07. The molecular formula is C23H26FN3O5. The normalized spacial score (nSPS) is 15.5. The van der Waals surface area contributed by atoms with Crippen molar-refractivity contribution in [1.82, 2.24) is 5.32 Å². The lowest BCUT2D eigenvalue weighted by molar-refractivity contribution is -0.119. The van der Waals surface area contributed by atoms with Gasteiger partial charge in [-0.25, -0.2) is 9.18 Å². The standard InChI is InChI=1S/C23H26FN3O5/c1-13(2)17-10-22(31-4)21(29)8-7-19(17)26-20-6-5-15(9-18(20)24)27-12-16(32-23(27)30)11-25-14(3)28/h5-10,13,16,26H,11-12H2,1-4H3,(H,25,28)/t16-/m0/s1. The Labute approximate surface area is 185 Å². The van der Waals surface area contributed by atoms with Crippen LogP contribution in [-0.4, -0.2) is 38.3 Å². The molecule has 9 heteroatoms. The van der Waals surface area contributed by atoms with E-state index in [0.29, 0.717) is 11.4 Å². The first kappa shape index (κ1) is 23.1. The van der Waals surface area contributed by atoms with E-state index in [0.717, 1.165) is 5.56 Å². The topological polar surface area (TPSA) is 97.0 Å². The van der Waals surface area contributed by atoms with Gasteiger partial charge in [0.1, 0.15) is 11.9 Å². The molecule has 2 amide bonds. The number of rotatable bonds is 7. The molecule has 2 aromatic rings. The average molecular weight is 443 g/mol. The Morgan fingerprint density at radius 2 is 1.94 bits per heavy atom. The van der Waals surface area contributed by atoms with E-state index in [9.17, 15) is 18.8 Å². The first-order valence-corrected chi connectivity index (χ1v) is 10.2. The summed E-state index contributed by atoms with van der Waals surface area (Å²) in [6.07, 6.45) is -1.12. The summed E-state index contributed by atoms with van der Waals surface area (Å²) in [5, 5.41) is 5.64. The monoisotopic (exact) mass is 443 g/mol. The van der Waals surface area contributed by atoms with Gasteiger partial charge in [0.25, 0.3) is 0 Å². The second-order valence-corrected chi connectivity index (χ2v) is 7.78. The molecule has 0 radical (unpaired) electrons. The van der Waals surface area contributed by atoms with Gasteiger partial charge in [0.15, 0.2) is 5.75 Å². The lowest BCUT2D eigenvalue weighted by Gasteiger charge is -2.16. The van der Waals surface area contributed by atoms with Crippen LogP contribution in [0.1, 0.15) is 32.3 Å². The van der Waals surface area contributed by atoms with Gasteiger partial charge in [-0.1, -0.05) is 13.8 Å².